The standard InChI is InChI=1S/C23H28N4O2/c1-16(2)22(26-21(28)15-18-9-5-4-6-10-18)23(29)24-13-14-27-17(3)25-19-11-7-8-12-20(19)27/h4-12,16,22H,13-15H2,1-3H3,(H,24,29)(H,26,28). The van der Waals surface area contributed by atoms with E-state index in [0.717, 1.165) is 22.4 Å². The number of carbonyl (C=O) groups excluding carboxylic acids is 2. The average molecular weight is 393 g/mol. The van der Waals surface area contributed by atoms with Crippen molar-refractivity contribution in [2.24, 2.45) is 5.92 Å². The highest BCUT2D eigenvalue weighted by Crippen LogP contribution is 2.14. The van der Waals surface area contributed by atoms with Gasteiger partial charge in [-0.2, -0.15) is 0 Å². The van der Waals surface area contributed by atoms with E-state index < -0.39 is 6.04 Å². The molecule has 2 aromatic carbocycles. The summed E-state index contributed by atoms with van der Waals surface area (Å²) in [7, 11) is 0. The van der Waals surface area contributed by atoms with Crippen molar-refractivity contribution in [2.75, 3.05) is 6.54 Å². The number of imidazole rings is 1. The normalized spacial score (nSPS) is 12.1. The van der Waals surface area contributed by atoms with Gasteiger partial charge < -0.3 is 15.2 Å². The van der Waals surface area contributed by atoms with Gasteiger partial charge in [0.15, 0.2) is 0 Å². The molecule has 2 amide bonds. The number of carbonyl (C=O) groups is 2. The Morgan fingerprint density at radius 1 is 1.03 bits per heavy atom. The Labute approximate surface area is 171 Å². The van der Waals surface area contributed by atoms with E-state index in [9.17, 15) is 9.59 Å². The van der Waals surface area contributed by atoms with Gasteiger partial charge in [0, 0.05) is 13.1 Å². The summed E-state index contributed by atoms with van der Waals surface area (Å²) in [4.78, 5) is 29.6. The van der Waals surface area contributed by atoms with E-state index in [-0.39, 0.29) is 24.2 Å². The predicted octanol–water partition coefficient (Wildman–Crippen LogP) is 2.84. The van der Waals surface area contributed by atoms with E-state index in [4.69, 9.17) is 0 Å². The van der Waals surface area contributed by atoms with E-state index in [1.54, 1.807) is 0 Å². The van der Waals surface area contributed by atoms with Gasteiger partial charge in [0.1, 0.15) is 11.9 Å². The van der Waals surface area contributed by atoms with Gasteiger partial charge in [-0.05, 0) is 30.5 Å². The van der Waals surface area contributed by atoms with Crippen LogP contribution in [0.25, 0.3) is 11.0 Å². The molecule has 1 aromatic heterocycles. The minimum atomic E-state index is -0.563. The zero-order chi connectivity index (χ0) is 20.8. The summed E-state index contributed by atoms with van der Waals surface area (Å²) in [5.74, 6) is 0.590. The Balaban J connectivity index is 1.56. The van der Waals surface area contributed by atoms with E-state index >= 15 is 0 Å². The maximum Gasteiger partial charge on any atom is 0.242 e. The van der Waals surface area contributed by atoms with E-state index in [0.29, 0.717) is 13.1 Å². The Morgan fingerprint density at radius 2 is 1.72 bits per heavy atom. The molecule has 1 unspecified atom stereocenters. The molecule has 3 rings (SSSR count). The second kappa shape index (κ2) is 9.37. The fourth-order valence-electron chi connectivity index (χ4n) is 3.42. The van der Waals surface area contributed by atoms with Crippen LogP contribution in [-0.4, -0.2) is 34.0 Å². The van der Waals surface area contributed by atoms with Crippen LogP contribution in [0.3, 0.4) is 0 Å². The van der Waals surface area contributed by atoms with Gasteiger partial charge in [-0.25, -0.2) is 4.98 Å². The number of aromatic nitrogens is 2. The second-order valence-corrected chi connectivity index (χ2v) is 7.54. The fraction of sp³-hybridized carbons (Fsp3) is 0.348. The van der Waals surface area contributed by atoms with E-state index in [2.05, 4.69) is 20.2 Å². The van der Waals surface area contributed by atoms with Crippen LogP contribution in [0, 0.1) is 12.8 Å². The maximum atomic E-state index is 12.7. The molecular formula is C23H28N4O2. The van der Waals surface area contributed by atoms with Crippen LogP contribution in [0.2, 0.25) is 0 Å². The molecule has 0 fully saturated rings. The topological polar surface area (TPSA) is 76.0 Å². The quantitative estimate of drug-likeness (QED) is 0.619. The molecule has 0 saturated heterocycles. The van der Waals surface area contributed by atoms with Crippen LogP contribution in [0.1, 0.15) is 25.2 Å². The zero-order valence-corrected chi connectivity index (χ0v) is 17.2. The van der Waals surface area contributed by atoms with Gasteiger partial charge in [-0.1, -0.05) is 56.3 Å². The highest BCUT2D eigenvalue weighted by molar-refractivity contribution is 5.88. The molecule has 0 aliphatic heterocycles. The van der Waals surface area contributed by atoms with E-state index in [1.165, 1.54) is 0 Å². The number of fused-ring (bicyclic) bond motifs is 1. The summed E-state index contributed by atoms with van der Waals surface area (Å²) in [6, 6.07) is 16.9. The van der Waals surface area contributed by atoms with Crippen molar-refractivity contribution in [3.8, 4) is 0 Å². The summed E-state index contributed by atoms with van der Waals surface area (Å²) in [6.45, 7) is 6.92. The van der Waals surface area contributed by atoms with E-state index in [1.807, 2.05) is 75.4 Å². The predicted molar refractivity (Wildman–Crippen MR) is 114 cm³/mol. The molecule has 3 aromatic rings. The number of para-hydroxylation sites is 2. The third-order valence-corrected chi connectivity index (χ3v) is 4.95. The first-order valence-electron chi connectivity index (χ1n) is 9.98. The van der Waals surface area contributed by atoms with Crippen molar-refractivity contribution in [1.29, 1.82) is 0 Å². The molecule has 152 valence electrons. The number of nitrogens with one attached hydrogen (secondary N) is 2. The van der Waals surface area contributed by atoms with Crippen LogP contribution in [0.15, 0.2) is 54.6 Å². The lowest BCUT2D eigenvalue weighted by Crippen LogP contribution is -2.50. The van der Waals surface area contributed by atoms with Gasteiger partial charge in [-0.15, -0.1) is 0 Å². The molecule has 0 spiro atoms. The molecule has 0 saturated carbocycles. The zero-order valence-electron chi connectivity index (χ0n) is 17.2. The number of amides is 2. The highest BCUT2D eigenvalue weighted by Gasteiger charge is 2.24. The molecule has 6 heteroatoms. The molecule has 0 aliphatic rings. The number of aryl methyl sites for hydroxylation is 1. The third-order valence-electron chi connectivity index (χ3n) is 4.95. The van der Waals surface area contributed by atoms with Crippen LogP contribution < -0.4 is 10.6 Å². The Bertz CT molecular complexity index is 979. The first kappa shape index (κ1) is 20.6. The average Bonchev–Trinajstić information content (AvgIpc) is 3.02. The lowest BCUT2D eigenvalue weighted by molar-refractivity contribution is -0.129. The molecule has 6 nitrogen and oxygen atoms in total. The lowest BCUT2D eigenvalue weighted by Gasteiger charge is -2.22. The van der Waals surface area contributed by atoms with Crippen LogP contribution in [-0.2, 0) is 22.6 Å². The van der Waals surface area contributed by atoms with Gasteiger partial charge in [-0.3, -0.25) is 9.59 Å². The first-order valence-corrected chi connectivity index (χ1v) is 9.98. The largest absolute Gasteiger partial charge is 0.353 e. The smallest absolute Gasteiger partial charge is 0.242 e. The Hall–Kier alpha value is -3.15. The molecule has 0 aliphatic carbocycles. The van der Waals surface area contributed by atoms with Crippen molar-refractivity contribution in [2.45, 2.75) is 39.8 Å². The van der Waals surface area contributed by atoms with Crippen LogP contribution in [0.5, 0.6) is 0 Å². The van der Waals surface area contributed by atoms with Gasteiger partial charge >= 0.3 is 0 Å². The highest BCUT2D eigenvalue weighted by atomic mass is 16.2. The maximum absolute atomic E-state index is 12.7. The summed E-state index contributed by atoms with van der Waals surface area (Å²) in [6.07, 6.45) is 0.261. The van der Waals surface area contributed by atoms with Crippen molar-refractivity contribution in [3.05, 3.63) is 66.0 Å². The van der Waals surface area contributed by atoms with Gasteiger partial charge in [0.2, 0.25) is 11.8 Å². The van der Waals surface area contributed by atoms with Crippen LogP contribution >= 0.6 is 0 Å². The minimum absolute atomic E-state index is 0.00876. The molecular weight excluding hydrogens is 364 g/mol. The molecule has 1 heterocycles. The summed E-state index contributed by atoms with van der Waals surface area (Å²) in [5.41, 5.74) is 2.93. The molecule has 0 bridgehead atoms. The number of benzene rings is 2. The molecule has 29 heavy (non-hydrogen) atoms. The number of rotatable bonds is 8. The SMILES string of the molecule is Cc1nc2ccccc2n1CCNC(=O)C(NC(=O)Cc1ccccc1)C(C)C. The molecule has 0 radical (unpaired) electrons. The lowest BCUT2D eigenvalue weighted by atomic mass is 10.0. The Kier molecular flexibility index (Phi) is 6.65. The van der Waals surface area contributed by atoms with Crippen molar-refractivity contribution in [3.63, 3.8) is 0 Å². The fourth-order valence-corrected chi connectivity index (χ4v) is 3.42. The molecule has 1 atom stereocenters. The van der Waals surface area contributed by atoms with Crippen molar-refractivity contribution < 1.29 is 9.59 Å². The van der Waals surface area contributed by atoms with Crippen molar-refractivity contribution in [1.82, 2.24) is 20.2 Å². The number of nitrogens with zero attached hydrogens (tertiary/aromatic N) is 2. The summed E-state index contributed by atoms with van der Waals surface area (Å²) < 4.78 is 2.09. The van der Waals surface area contributed by atoms with Gasteiger partial charge in [0.25, 0.3) is 0 Å². The second-order valence-electron chi connectivity index (χ2n) is 7.54. The summed E-state index contributed by atoms with van der Waals surface area (Å²) >= 11 is 0. The monoisotopic (exact) mass is 392 g/mol. The summed E-state index contributed by atoms with van der Waals surface area (Å²) in [5, 5.41) is 5.84. The Morgan fingerprint density at radius 3 is 2.45 bits per heavy atom. The molecule has 2 N–H and O–H groups in total. The van der Waals surface area contributed by atoms with Gasteiger partial charge in [0.05, 0.1) is 17.5 Å². The van der Waals surface area contributed by atoms with Crippen molar-refractivity contribution >= 4 is 22.8 Å². The first-order chi connectivity index (χ1) is 14.0. The number of hydrogen-bond donors (Lipinski definition) is 2. The minimum Gasteiger partial charge on any atom is -0.353 e. The third kappa shape index (κ3) is 5.22. The van der Waals surface area contributed by atoms with Crippen LogP contribution in [0.4, 0.5) is 0 Å². The number of hydrogen-bond acceptors (Lipinski definition) is 3.